The van der Waals surface area contributed by atoms with Gasteiger partial charge < -0.3 is 10.4 Å². The van der Waals surface area contributed by atoms with E-state index in [2.05, 4.69) is 21.2 Å². The molecule has 1 aromatic carbocycles. The van der Waals surface area contributed by atoms with E-state index < -0.39 is 11.7 Å². The lowest BCUT2D eigenvalue weighted by Gasteiger charge is -2.33. The summed E-state index contributed by atoms with van der Waals surface area (Å²) in [6.07, 6.45) is -3.35. The maximum absolute atomic E-state index is 12.4. The van der Waals surface area contributed by atoms with Crippen molar-refractivity contribution >= 4 is 21.6 Å². The van der Waals surface area contributed by atoms with Crippen LogP contribution in [-0.2, 0) is 6.18 Å². The largest absolute Gasteiger partial charge is 0.416 e. The van der Waals surface area contributed by atoms with E-state index in [1.54, 1.807) is 0 Å². The lowest BCUT2D eigenvalue weighted by Crippen LogP contribution is -2.39. The van der Waals surface area contributed by atoms with Crippen LogP contribution in [0.5, 0.6) is 0 Å². The Morgan fingerprint density at radius 1 is 1.29 bits per heavy atom. The van der Waals surface area contributed by atoms with E-state index >= 15 is 0 Å². The van der Waals surface area contributed by atoms with Crippen molar-refractivity contribution in [3.63, 3.8) is 0 Å². The van der Waals surface area contributed by atoms with Gasteiger partial charge in [0, 0.05) is 16.2 Å². The summed E-state index contributed by atoms with van der Waals surface area (Å²) in [6, 6.07) is 3.63. The number of benzene rings is 1. The zero-order valence-corrected chi connectivity index (χ0v) is 10.3. The summed E-state index contributed by atoms with van der Waals surface area (Å²) in [4.78, 5) is 0. The first-order valence-corrected chi connectivity index (χ1v) is 5.97. The molecule has 2 nitrogen and oxygen atoms in total. The van der Waals surface area contributed by atoms with Crippen molar-refractivity contribution in [3.8, 4) is 0 Å². The van der Waals surface area contributed by atoms with Crippen molar-refractivity contribution < 1.29 is 18.3 Å². The predicted octanol–water partition coefficient (Wildman–Crippen LogP) is 3.40. The Balaban J connectivity index is 2.09. The lowest BCUT2D eigenvalue weighted by atomic mass is 9.89. The highest BCUT2D eigenvalue weighted by atomic mass is 79.9. The summed E-state index contributed by atoms with van der Waals surface area (Å²) < 4.78 is 37.6. The topological polar surface area (TPSA) is 32.3 Å². The minimum Gasteiger partial charge on any atom is -0.393 e. The molecule has 0 aromatic heterocycles. The summed E-state index contributed by atoms with van der Waals surface area (Å²) in [6.45, 7) is 0. The summed E-state index contributed by atoms with van der Waals surface area (Å²) in [7, 11) is 0. The van der Waals surface area contributed by atoms with E-state index in [1.807, 2.05) is 0 Å². The van der Waals surface area contributed by atoms with Gasteiger partial charge in [0.15, 0.2) is 0 Å². The van der Waals surface area contributed by atoms with Crippen molar-refractivity contribution in [1.82, 2.24) is 0 Å². The smallest absolute Gasteiger partial charge is 0.393 e. The highest BCUT2D eigenvalue weighted by Crippen LogP contribution is 2.35. The summed E-state index contributed by atoms with van der Waals surface area (Å²) >= 11 is 3.11. The fourth-order valence-electron chi connectivity index (χ4n) is 1.73. The molecule has 17 heavy (non-hydrogen) atoms. The van der Waals surface area contributed by atoms with Gasteiger partial charge in [-0.05, 0) is 47.0 Å². The van der Waals surface area contributed by atoms with E-state index in [-0.39, 0.29) is 12.1 Å². The van der Waals surface area contributed by atoms with Crippen LogP contribution in [0.4, 0.5) is 18.9 Å². The SMILES string of the molecule is OC1CC(Nc2ccc(C(F)(F)F)cc2Br)C1. The van der Waals surface area contributed by atoms with Crippen LogP contribution in [0, 0.1) is 0 Å². The van der Waals surface area contributed by atoms with E-state index in [0.29, 0.717) is 23.0 Å². The molecule has 2 rings (SSSR count). The second-order valence-electron chi connectivity index (χ2n) is 4.16. The van der Waals surface area contributed by atoms with Crippen LogP contribution >= 0.6 is 15.9 Å². The molecule has 1 saturated carbocycles. The first-order valence-electron chi connectivity index (χ1n) is 5.17. The van der Waals surface area contributed by atoms with Gasteiger partial charge in [0.2, 0.25) is 0 Å². The van der Waals surface area contributed by atoms with E-state index in [4.69, 9.17) is 5.11 Å². The molecule has 0 unspecified atom stereocenters. The van der Waals surface area contributed by atoms with Crippen molar-refractivity contribution in [2.24, 2.45) is 0 Å². The molecule has 6 heteroatoms. The number of anilines is 1. The predicted molar refractivity (Wildman–Crippen MR) is 61.8 cm³/mol. The summed E-state index contributed by atoms with van der Waals surface area (Å²) in [5.41, 5.74) is -0.0570. The van der Waals surface area contributed by atoms with Crippen molar-refractivity contribution in [2.45, 2.75) is 31.2 Å². The summed E-state index contributed by atoms with van der Waals surface area (Å²) in [5.74, 6) is 0. The van der Waals surface area contributed by atoms with Gasteiger partial charge in [0.05, 0.1) is 11.7 Å². The second kappa shape index (κ2) is 4.49. The first-order chi connectivity index (χ1) is 7.86. The maximum atomic E-state index is 12.4. The van der Waals surface area contributed by atoms with E-state index in [9.17, 15) is 13.2 Å². The Morgan fingerprint density at radius 3 is 2.41 bits per heavy atom. The van der Waals surface area contributed by atoms with Crippen LogP contribution in [0.3, 0.4) is 0 Å². The van der Waals surface area contributed by atoms with Gasteiger partial charge >= 0.3 is 6.18 Å². The number of halogens is 4. The molecule has 0 amide bonds. The van der Waals surface area contributed by atoms with Crippen LogP contribution in [0.2, 0.25) is 0 Å². The number of hydrogen-bond donors (Lipinski definition) is 2. The third-order valence-corrected chi connectivity index (χ3v) is 3.43. The molecule has 0 heterocycles. The highest BCUT2D eigenvalue weighted by molar-refractivity contribution is 9.10. The van der Waals surface area contributed by atoms with E-state index in [0.717, 1.165) is 12.1 Å². The standard InChI is InChI=1S/C11H11BrF3NO/c12-9-3-6(11(13,14)15)1-2-10(9)16-7-4-8(17)5-7/h1-3,7-8,16-17H,4-5H2. The molecule has 0 radical (unpaired) electrons. The van der Waals surface area contributed by atoms with Gasteiger partial charge in [-0.15, -0.1) is 0 Å². The zero-order chi connectivity index (χ0) is 12.6. The number of aliphatic hydroxyl groups excluding tert-OH is 1. The molecule has 0 atom stereocenters. The molecule has 0 saturated heterocycles. The molecule has 0 bridgehead atoms. The van der Waals surface area contributed by atoms with Crippen LogP contribution in [0.1, 0.15) is 18.4 Å². The van der Waals surface area contributed by atoms with Gasteiger partial charge in [-0.25, -0.2) is 0 Å². The first kappa shape index (κ1) is 12.7. The molecule has 1 aromatic rings. The molecule has 0 spiro atoms. The third kappa shape index (κ3) is 2.93. The lowest BCUT2D eigenvalue weighted by molar-refractivity contribution is -0.137. The monoisotopic (exact) mass is 309 g/mol. The average molecular weight is 310 g/mol. The van der Waals surface area contributed by atoms with Crippen molar-refractivity contribution in [2.75, 3.05) is 5.32 Å². The van der Waals surface area contributed by atoms with Crippen LogP contribution in [0.15, 0.2) is 22.7 Å². The quantitative estimate of drug-likeness (QED) is 0.877. The van der Waals surface area contributed by atoms with Crippen LogP contribution in [0.25, 0.3) is 0 Å². The van der Waals surface area contributed by atoms with Gasteiger partial charge in [-0.3, -0.25) is 0 Å². The fraction of sp³-hybridized carbons (Fsp3) is 0.455. The molecule has 2 N–H and O–H groups in total. The minimum atomic E-state index is -4.33. The van der Waals surface area contributed by atoms with E-state index in [1.165, 1.54) is 6.07 Å². The average Bonchev–Trinajstić information content (AvgIpc) is 2.16. The van der Waals surface area contributed by atoms with Gasteiger partial charge in [0.1, 0.15) is 0 Å². The number of nitrogens with one attached hydrogen (secondary N) is 1. The third-order valence-electron chi connectivity index (χ3n) is 2.77. The van der Waals surface area contributed by atoms with Gasteiger partial charge in [0.25, 0.3) is 0 Å². The Morgan fingerprint density at radius 2 is 1.94 bits per heavy atom. The number of alkyl halides is 3. The fourth-order valence-corrected chi connectivity index (χ4v) is 2.23. The molecule has 0 aliphatic heterocycles. The van der Waals surface area contributed by atoms with Crippen molar-refractivity contribution in [3.05, 3.63) is 28.2 Å². The molecule has 1 aliphatic rings. The molecular weight excluding hydrogens is 299 g/mol. The Bertz CT molecular complexity index is 416. The van der Waals surface area contributed by atoms with Crippen LogP contribution < -0.4 is 5.32 Å². The van der Waals surface area contributed by atoms with Gasteiger partial charge in [-0.1, -0.05) is 0 Å². The molecule has 1 fully saturated rings. The van der Waals surface area contributed by atoms with Gasteiger partial charge in [-0.2, -0.15) is 13.2 Å². The molecule has 1 aliphatic carbocycles. The zero-order valence-electron chi connectivity index (χ0n) is 8.76. The number of aliphatic hydroxyl groups is 1. The maximum Gasteiger partial charge on any atom is 0.416 e. The minimum absolute atomic E-state index is 0.137. The van der Waals surface area contributed by atoms with Crippen molar-refractivity contribution in [1.29, 1.82) is 0 Å². The number of hydrogen-bond acceptors (Lipinski definition) is 2. The van der Waals surface area contributed by atoms with Crippen LogP contribution in [-0.4, -0.2) is 17.3 Å². The second-order valence-corrected chi connectivity index (χ2v) is 5.01. The summed E-state index contributed by atoms with van der Waals surface area (Å²) in [5, 5.41) is 12.2. The molecule has 94 valence electrons. The normalized spacial score (nSPS) is 24.3. The number of rotatable bonds is 2. The molecular formula is C11H11BrF3NO. The highest BCUT2D eigenvalue weighted by Gasteiger charge is 2.31. The Labute approximate surface area is 105 Å². The Hall–Kier alpha value is -0.750. The Kier molecular flexibility index (Phi) is 3.36.